The van der Waals surface area contributed by atoms with Crippen LogP contribution in [0.2, 0.25) is 0 Å². The van der Waals surface area contributed by atoms with E-state index in [1.165, 1.54) is 6.42 Å². The van der Waals surface area contributed by atoms with Gasteiger partial charge in [0.05, 0.1) is 6.61 Å². The number of rotatable bonds is 3. The third kappa shape index (κ3) is 4.48. The predicted octanol–water partition coefficient (Wildman–Crippen LogP) is 1.50. The Bertz CT molecular complexity index is 147. The molecule has 1 aliphatic heterocycles. The maximum atomic E-state index is 11.3. The maximum Gasteiger partial charge on any atom is 0.323 e. The quantitative estimate of drug-likeness (QED) is 0.713. The second kappa shape index (κ2) is 7.15. The molecule has 0 aromatic rings. The van der Waals surface area contributed by atoms with Gasteiger partial charge in [0.1, 0.15) is 6.04 Å². The van der Waals surface area contributed by atoms with Gasteiger partial charge in [0, 0.05) is 0 Å². The smallest absolute Gasteiger partial charge is 0.323 e. The molecule has 78 valence electrons. The molecule has 0 aromatic carbocycles. The van der Waals surface area contributed by atoms with E-state index < -0.39 is 0 Å². The van der Waals surface area contributed by atoms with Gasteiger partial charge in [-0.3, -0.25) is 4.79 Å². The van der Waals surface area contributed by atoms with Crippen molar-refractivity contribution in [3.63, 3.8) is 0 Å². The molecular formula is C9H18ClNO2. The lowest BCUT2D eigenvalue weighted by atomic mass is 10.1. The fourth-order valence-electron chi connectivity index (χ4n) is 1.36. The van der Waals surface area contributed by atoms with E-state index in [-0.39, 0.29) is 24.4 Å². The number of carbonyl (C=O) groups is 1. The van der Waals surface area contributed by atoms with Crippen LogP contribution in [0.5, 0.6) is 0 Å². The minimum absolute atomic E-state index is 0. The number of halogens is 1. The Kier molecular flexibility index (Phi) is 7.00. The van der Waals surface area contributed by atoms with Crippen molar-refractivity contribution in [3.05, 3.63) is 0 Å². The van der Waals surface area contributed by atoms with E-state index in [0.717, 1.165) is 25.8 Å². The second-order valence-corrected chi connectivity index (χ2v) is 3.17. The van der Waals surface area contributed by atoms with Crippen molar-refractivity contribution in [2.24, 2.45) is 0 Å². The number of carbonyl (C=O) groups excluding carboxylic acids is 1. The summed E-state index contributed by atoms with van der Waals surface area (Å²) in [6.07, 6.45) is 4.15. The second-order valence-electron chi connectivity index (χ2n) is 3.17. The molecule has 1 rings (SSSR count). The molecule has 0 radical (unpaired) electrons. The van der Waals surface area contributed by atoms with Gasteiger partial charge in [-0.2, -0.15) is 0 Å². The SMILES string of the molecule is CCCOC(=O)[C@@H]1CCCCN1.Cl. The molecule has 0 spiro atoms. The first kappa shape index (κ1) is 12.7. The first-order chi connectivity index (χ1) is 5.84. The molecule has 0 amide bonds. The summed E-state index contributed by atoms with van der Waals surface area (Å²) < 4.78 is 5.03. The molecule has 1 heterocycles. The van der Waals surface area contributed by atoms with Crippen LogP contribution in [0.15, 0.2) is 0 Å². The molecule has 1 aliphatic rings. The number of piperidine rings is 1. The Morgan fingerprint density at radius 3 is 2.85 bits per heavy atom. The lowest BCUT2D eigenvalue weighted by Gasteiger charge is -2.21. The summed E-state index contributed by atoms with van der Waals surface area (Å²) in [6, 6.07) is -0.0368. The van der Waals surface area contributed by atoms with Gasteiger partial charge in [-0.1, -0.05) is 13.3 Å². The van der Waals surface area contributed by atoms with Gasteiger partial charge >= 0.3 is 5.97 Å². The van der Waals surface area contributed by atoms with Crippen molar-refractivity contribution in [3.8, 4) is 0 Å². The van der Waals surface area contributed by atoms with Crippen LogP contribution >= 0.6 is 12.4 Å². The molecule has 0 aromatic heterocycles. The van der Waals surface area contributed by atoms with Gasteiger partial charge in [-0.05, 0) is 25.8 Å². The number of hydrogen-bond donors (Lipinski definition) is 1. The predicted molar refractivity (Wildman–Crippen MR) is 54.1 cm³/mol. The Morgan fingerprint density at radius 1 is 1.54 bits per heavy atom. The van der Waals surface area contributed by atoms with Crippen molar-refractivity contribution >= 4 is 18.4 Å². The summed E-state index contributed by atoms with van der Waals surface area (Å²) in [7, 11) is 0. The highest BCUT2D eigenvalue weighted by atomic mass is 35.5. The Balaban J connectivity index is 0.00000144. The monoisotopic (exact) mass is 207 g/mol. The minimum Gasteiger partial charge on any atom is -0.465 e. The van der Waals surface area contributed by atoms with Crippen LogP contribution in [0.1, 0.15) is 32.6 Å². The fraction of sp³-hybridized carbons (Fsp3) is 0.889. The van der Waals surface area contributed by atoms with Crippen molar-refractivity contribution < 1.29 is 9.53 Å². The molecule has 0 unspecified atom stereocenters. The Morgan fingerprint density at radius 2 is 2.31 bits per heavy atom. The number of hydrogen-bond acceptors (Lipinski definition) is 3. The summed E-state index contributed by atoms with van der Waals surface area (Å²) in [5, 5.41) is 3.15. The summed E-state index contributed by atoms with van der Waals surface area (Å²) in [4.78, 5) is 11.3. The molecule has 1 N–H and O–H groups in total. The van der Waals surface area contributed by atoms with Crippen LogP contribution in [-0.2, 0) is 9.53 Å². The highest BCUT2D eigenvalue weighted by molar-refractivity contribution is 5.85. The first-order valence-corrected chi connectivity index (χ1v) is 4.74. The molecule has 13 heavy (non-hydrogen) atoms. The summed E-state index contributed by atoms with van der Waals surface area (Å²) in [5.41, 5.74) is 0. The molecule has 0 bridgehead atoms. The lowest BCUT2D eigenvalue weighted by Crippen LogP contribution is -2.41. The van der Waals surface area contributed by atoms with Crippen molar-refractivity contribution in [2.75, 3.05) is 13.2 Å². The number of nitrogens with one attached hydrogen (secondary N) is 1. The van der Waals surface area contributed by atoms with Gasteiger partial charge in [0.25, 0.3) is 0 Å². The van der Waals surface area contributed by atoms with Gasteiger partial charge in [0.15, 0.2) is 0 Å². The zero-order valence-corrected chi connectivity index (χ0v) is 8.86. The van der Waals surface area contributed by atoms with Crippen molar-refractivity contribution in [2.45, 2.75) is 38.6 Å². The van der Waals surface area contributed by atoms with E-state index in [9.17, 15) is 4.79 Å². The van der Waals surface area contributed by atoms with Gasteiger partial charge < -0.3 is 10.1 Å². The van der Waals surface area contributed by atoms with E-state index in [1.807, 2.05) is 6.92 Å². The first-order valence-electron chi connectivity index (χ1n) is 4.74. The zero-order chi connectivity index (χ0) is 8.81. The molecular weight excluding hydrogens is 190 g/mol. The van der Waals surface area contributed by atoms with Crippen LogP contribution in [0.3, 0.4) is 0 Å². The van der Waals surface area contributed by atoms with Crippen LogP contribution in [0, 0.1) is 0 Å². The highest BCUT2D eigenvalue weighted by Gasteiger charge is 2.21. The van der Waals surface area contributed by atoms with Gasteiger partial charge in [0.2, 0.25) is 0 Å². The van der Waals surface area contributed by atoms with Crippen LogP contribution < -0.4 is 5.32 Å². The van der Waals surface area contributed by atoms with E-state index in [2.05, 4.69) is 5.32 Å². The third-order valence-electron chi connectivity index (χ3n) is 2.04. The lowest BCUT2D eigenvalue weighted by molar-refractivity contribution is -0.146. The average Bonchev–Trinajstić information content (AvgIpc) is 2.15. The maximum absolute atomic E-state index is 11.3. The Hall–Kier alpha value is -0.280. The standard InChI is InChI=1S/C9H17NO2.ClH/c1-2-7-12-9(11)8-5-3-4-6-10-8;/h8,10H,2-7H2,1H3;1H/t8-;/m0./s1. The van der Waals surface area contributed by atoms with Crippen LogP contribution in [0.4, 0.5) is 0 Å². The molecule has 3 nitrogen and oxygen atoms in total. The highest BCUT2D eigenvalue weighted by Crippen LogP contribution is 2.08. The summed E-state index contributed by atoms with van der Waals surface area (Å²) in [5.74, 6) is -0.0726. The average molecular weight is 208 g/mol. The van der Waals surface area contributed by atoms with Gasteiger partial charge in [-0.15, -0.1) is 12.4 Å². The van der Waals surface area contributed by atoms with Crippen molar-refractivity contribution in [1.82, 2.24) is 5.32 Å². The van der Waals surface area contributed by atoms with E-state index in [0.29, 0.717) is 6.61 Å². The summed E-state index contributed by atoms with van der Waals surface area (Å²) >= 11 is 0. The minimum atomic E-state index is -0.0726. The molecule has 0 aliphatic carbocycles. The fourth-order valence-corrected chi connectivity index (χ4v) is 1.36. The van der Waals surface area contributed by atoms with Gasteiger partial charge in [-0.25, -0.2) is 0 Å². The summed E-state index contributed by atoms with van der Waals surface area (Å²) in [6.45, 7) is 3.50. The number of ether oxygens (including phenoxy) is 1. The third-order valence-corrected chi connectivity index (χ3v) is 2.04. The molecule has 0 saturated carbocycles. The number of esters is 1. The normalized spacial score (nSPS) is 21.8. The topological polar surface area (TPSA) is 38.3 Å². The molecule has 1 fully saturated rings. The van der Waals surface area contributed by atoms with Crippen molar-refractivity contribution in [1.29, 1.82) is 0 Å². The molecule has 1 saturated heterocycles. The molecule has 1 atom stereocenters. The van der Waals surface area contributed by atoms with E-state index in [1.54, 1.807) is 0 Å². The Labute approximate surface area is 85.6 Å². The van der Waals surface area contributed by atoms with Crippen LogP contribution in [0.25, 0.3) is 0 Å². The molecule has 4 heteroatoms. The van der Waals surface area contributed by atoms with E-state index in [4.69, 9.17) is 4.74 Å². The largest absolute Gasteiger partial charge is 0.465 e. The zero-order valence-electron chi connectivity index (χ0n) is 8.04. The van der Waals surface area contributed by atoms with Crippen LogP contribution in [-0.4, -0.2) is 25.2 Å². The van der Waals surface area contributed by atoms with E-state index >= 15 is 0 Å².